The Morgan fingerprint density at radius 1 is 1.06 bits per heavy atom. The van der Waals surface area contributed by atoms with E-state index >= 15 is 0 Å². The van der Waals surface area contributed by atoms with Crippen molar-refractivity contribution in [2.75, 3.05) is 25.1 Å². The lowest BCUT2D eigenvalue weighted by Gasteiger charge is -2.34. The van der Waals surface area contributed by atoms with Crippen LogP contribution < -0.4 is 5.32 Å². The Labute approximate surface area is 181 Å². The highest BCUT2D eigenvalue weighted by Crippen LogP contribution is 2.26. The first-order valence-electron chi connectivity index (χ1n) is 10.4. The van der Waals surface area contributed by atoms with Crippen molar-refractivity contribution in [2.45, 2.75) is 25.3 Å². The summed E-state index contributed by atoms with van der Waals surface area (Å²) in [6.45, 7) is 1.29. The van der Waals surface area contributed by atoms with E-state index in [0.717, 1.165) is 12.8 Å². The molecule has 31 heavy (non-hydrogen) atoms. The van der Waals surface area contributed by atoms with E-state index in [2.05, 4.69) is 22.6 Å². The maximum atomic E-state index is 12.9. The monoisotopic (exact) mass is 419 g/mol. The van der Waals surface area contributed by atoms with E-state index in [4.69, 9.17) is 9.26 Å². The second-order valence-electron chi connectivity index (χ2n) is 7.45. The van der Waals surface area contributed by atoms with Crippen molar-refractivity contribution in [3.63, 3.8) is 0 Å². The Morgan fingerprint density at radius 2 is 1.81 bits per heavy atom. The van der Waals surface area contributed by atoms with Gasteiger partial charge in [-0.05, 0) is 30.5 Å². The lowest BCUT2D eigenvalue weighted by molar-refractivity contribution is -0.141. The second kappa shape index (κ2) is 10.0. The minimum atomic E-state index is -0.385. The van der Waals surface area contributed by atoms with Crippen molar-refractivity contribution in [1.29, 1.82) is 0 Å². The van der Waals surface area contributed by atoms with E-state index in [1.165, 1.54) is 5.56 Å². The molecule has 1 aliphatic rings. The standard InChI is InChI=1S/C24H25N3O4/c28-23(13-7-10-18-8-3-1-4-9-18)27-14-15-30-17-21(27)22-16-20(26-31-22)24(29)25-19-11-5-2-6-12-19/h1-6,8-9,11-12,16,21H,7,10,13-15,17H2,(H,25,29). The summed E-state index contributed by atoms with van der Waals surface area (Å²) in [5.74, 6) is 0.143. The zero-order valence-electron chi connectivity index (χ0n) is 17.2. The minimum absolute atomic E-state index is 0.0518. The van der Waals surface area contributed by atoms with Gasteiger partial charge in [0.2, 0.25) is 5.91 Å². The number of rotatable bonds is 7. The fraction of sp³-hybridized carbons (Fsp3) is 0.292. The number of amides is 2. The van der Waals surface area contributed by atoms with Gasteiger partial charge in [0, 0.05) is 24.7 Å². The molecule has 1 saturated heterocycles. The third kappa shape index (κ3) is 5.38. The Bertz CT molecular complexity index is 1000. The highest BCUT2D eigenvalue weighted by molar-refractivity contribution is 6.02. The summed E-state index contributed by atoms with van der Waals surface area (Å²) in [6, 6.07) is 20.5. The molecule has 3 aromatic rings. The normalized spacial score (nSPS) is 16.1. The van der Waals surface area contributed by atoms with Crippen LogP contribution in [-0.4, -0.2) is 41.6 Å². The van der Waals surface area contributed by atoms with Crippen LogP contribution >= 0.6 is 0 Å². The highest BCUT2D eigenvalue weighted by Gasteiger charge is 2.32. The number of ether oxygens (including phenoxy) is 1. The number of nitrogens with one attached hydrogen (secondary N) is 1. The third-order valence-corrected chi connectivity index (χ3v) is 5.27. The number of hydrogen-bond acceptors (Lipinski definition) is 5. The van der Waals surface area contributed by atoms with Gasteiger partial charge >= 0.3 is 0 Å². The molecule has 7 heteroatoms. The average Bonchev–Trinajstić information content (AvgIpc) is 3.31. The molecule has 0 saturated carbocycles. The average molecular weight is 419 g/mol. The van der Waals surface area contributed by atoms with Crippen LogP contribution in [0.3, 0.4) is 0 Å². The summed E-state index contributed by atoms with van der Waals surface area (Å²) in [4.78, 5) is 27.1. The molecular formula is C24H25N3O4. The molecule has 1 aromatic heterocycles. The molecule has 7 nitrogen and oxygen atoms in total. The maximum Gasteiger partial charge on any atom is 0.277 e. The number of hydrogen-bond donors (Lipinski definition) is 1. The summed E-state index contributed by atoms with van der Waals surface area (Å²) < 4.78 is 11.0. The van der Waals surface area contributed by atoms with Gasteiger partial charge in [-0.1, -0.05) is 53.7 Å². The molecule has 1 unspecified atom stereocenters. The molecular weight excluding hydrogens is 394 g/mol. The van der Waals surface area contributed by atoms with Crippen LogP contribution in [-0.2, 0) is 16.0 Å². The van der Waals surface area contributed by atoms with Crippen LogP contribution in [0, 0.1) is 0 Å². The van der Waals surface area contributed by atoms with Crippen molar-refractivity contribution >= 4 is 17.5 Å². The molecule has 160 valence electrons. The predicted molar refractivity (Wildman–Crippen MR) is 116 cm³/mol. The first-order chi connectivity index (χ1) is 15.2. The number of benzene rings is 2. The molecule has 2 amide bonds. The lowest BCUT2D eigenvalue weighted by atomic mass is 10.1. The van der Waals surface area contributed by atoms with Gasteiger partial charge < -0.3 is 19.5 Å². The van der Waals surface area contributed by atoms with Crippen LogP contribution in [0.5, 0.6) is 0 Å². The van der Waals surface area contributed by atoms with E-state index in [-0.39, 0.29) is 23.6 Å². The molecule has 0 aliphatic carbocycles. The van der Waals surface area contributed by atoms with Crippen LogP contribution in [0.2, 0.25) is 0 Å². The van der Waals surface area contributed by atoms with Crippen molar-refractivity contribution in [1.82, 2.24) is 10.1 Å². The van der Waals surface area contributed by atoms with Gasteiger partial charge in [-0.3, -0.25) is 9.59 Å². The van der Waals surface area contributed by atoms with Gasteiger partial charge in [0.1, 0.15) is 6.04 Å². The fourth-order valence-corrected chi connectivity index (χ4v) is 3.64. The zero-order valence-corrected chi connectivity index (χ0v) is 17.2. The predicted octanol–water partition coefficient (Wildman–Crippen LogP) is 3.85. The van der Waals surface area contributed by atoms with Crippen LogP contribution in [0.25, 0.3) is 0 Å². The van der Waals surface area contributed by atoms with E-state index in [1.807, 2.05) is 36.4 Å². The van der Waals surface area contributed by atoms with Crippen molar-refractivity contribution < 1.29 is 18.8 Å². The molecule has 1 atom stereocenters. The summed E-state index contributed by atoms with van der Waals surface area (Å²) in [5, 5.41) is 6.68. The Hall–Kier alpha value is -3.45. The lowest BCUT2D eigenvalue weighted by Crippen LogP contribution is -2.43. The number of anilines is 1. The van der Waals surface area contributed by atoms with Crippen LogP contribution in [0.15, 0.2) is 71.3 Å². The van der Waals surface area contributed by atoms with E-state index in [9.17, 15) is 9.59 Å². The van der Waals surface area contributed by atoms with Crippen LogP contribution in [0.4, 0.5) is 5.69 Å². The summed E-state index contributed by atoms with van der Waals surface area (Å²) in [5.41, 5.74) is 2.06. The zero-order chi connectivity index (χ0) is 21.5. The van der Waals surface area contributed by atoms with Gasteiger partial charge in [-0.2, -0.15) is 0 Å². The first-order valence-corrected chi connectivity index (χ1v) is 10.4. The SMILES string of the molecule is O=C(Nc1ccccc1)c1cc(C2COCCN2C(=O)CCCc2ccccc2)on1. The molecule has 0 spiro atoms. The second-order valence-corrected chi connectivity index (χ2v) is 7.45. The number of para-hydroxylation sites is 1. The van der Waals surface area contributed by atoms with Gasteiger partial charge in [0.15, 0.2) is 11.5 Å². The van der Waals surface area contributed by atoms with E-state index < -0.39 is 0 Å². The molecule has 2 heterocycles. The fourth-order valence-electron chi connectivity index (χ4n) is 3.64. The van der Waals surface area contributed by atoms with Gasteiger partial charge in [0.25, 0.3) is 5.91 Å². The highest BCUT2D eigenvalue weighted by atomic mass is 16.5. The van der Waals surface area contributed by atoms with Crippen molar-refractivity contribution in [2.24, 2.45) is 0 Å². The summed E-state index contributed by atoms with van der Waals surface area (Å²) in [7, 11) is 0. The molecule has 2 aromatic carbocycles. The Balaban J connectivity index is 1.38. The Morgan fingerprint density at radius 3 is 2.58 bits per heavy atom. The largest absolute Gasteiger partial charge is 0.377 e. The quantitative estimate of drug-likeness (QED) is 0.629. The maximum absolute atomic E-state index is 12.9. The van der Waals surface area contributed by atoms with E-state index in [1.54, 1.807) is 23.1 Å². The minimum Gasteiger partial charge on any atom is -0.377 e. The summed E-state index contributed by atoms with van der Waals surface area (Å²) >= 11 is 0. The van der Waals surface area contributed by atoms with E-state index in [0.29, 0.717) is 37.6 Å². The van der Waals surface area contributed by atoms with Crippen LogP contribution in [0.1, 0.15) is 40.7 Å². The topological polar surface area (TPSA) is 84.7 Å². The van der Waals surface area contributed by atoms with Crippen molar-refractivity contribution in [3.05, 3.63) is 83.7 Å². The molecule has 1 aliphatic heterocycles. The number of carbonyl (C=O) groups excluding carboxylic acids is 2. The molecule has 4 rings (SSSR count). The molecule has 1 fully saturated rings. The number of aryl methyl sites for hydroxylation is 1. The van der Waals surface area contributed by atoms with Gasteiger partial charge in [0.05, 0.1) is 13.2 Å². The number of carbonyl (C=O) groups is 2. The Kier molecular flexibility index (Phi) is 6.74. The van der Waals surface area contributed by atoms with Gasteiger partial charge in [-0.25, -0.2) is 0 Å². The third-order valence-electron chi connectivity index (χ3n) is 5.27. The summed E-state index contributed by atoms with van der Waals surface area (Å²) in [6.07, 6.45) is 2.07. The number of aromatic nitrogens is 1. The van der Waals surface area contributed by atoms with Gasteiger partial charge in [-0.15, -0.1) is 0 Å². The molecule has 0 radical (unpaired) electrons. The molecule has 1 N–H and O–H groups in total. The smallest absolute Gasteiger partial charge is 0.277 e. The number of nitrogens with zero attached hydrogens (tertiary/aromatic N) is 2. The van der Waals surface area contributed by atoms with Crippen molar-refractivity contribution in [3.8, 4) is 0 Å². The first kappa shape index (κ1) is 20.8. The number of morpholine rings is 1. The molecule has 0 bridgehead atoms.